The second-order valence-electron chi connectivity index (χ2n) is 6.31. The Balaban J connectivity index is 1.57. The van der Waals surface area contributed by atoms with Gasteiger partial charge in [0.05, 0.1) is 24.6 Å². The molecule has 3 N–H and O–H groups in total. The molecule has 1 aliphatic carbocycles. The second kappa shape index (κ2) is 6.72. The molecule has 0 aliphatic heterocycles. The Kier molecular flexibility index (Phi) is 4.63. The molecule has 0 radical (unpaired) electrons. The maximum absolute atomic E-state index is 13.8. The third kappa shape index (κ3) is 4.27. The minimum atomic E-state index is -1.69. The van der Waals surface area contributed by atoms with Crippen LogP contribution in [0, 0.1) is 11.6 Å². The number of amides is 2. The average molecular weight is 348 g/mol. The van der Waals surface area contributed by atoms with E-state index < -0.39 is 23.3 Å². The van der Waals surface area contributed by atoms with E-state index in [0.717, 1.165) is 30.8 Å². The number of halogens is 2. The number of rotatable bonds is 5. The summed E-state index contributed by atoms with van der Waals surface area (Å²) >= 11 is 0. The van der Waals surface area contributed by atoms with Crippen molar-refractivity contribution >= 4 is 11.7 Å². The summed E-state index contributed by atoms with van der Waals surface area (Å²) in [5, 5.41) is 15.3. The number of nitrogens with one attached hydrogen (secondary N) is 2. The van der Waals surface area contributed by atoms with Crippen molar-refractivity contribution in [1.29, 1.82) is 0 Å². The Hall–Kier alpha value is -2.61. The highest BCUT2D eigenvalue weighted by Crippen LogP contribution is 2.37. The fraction of sp³-hybridized carbons (Fsp3) is 0.353. The normalized spacial score (nSPS) is 16.2. The van der Waals surface area contributed by atoms with Gasteiger partial charge in [0, 0.05) is 17.5 Å². The molecule has 6 nitrogen and oxygen atoms in total. The van der Waals surface area contributed by atoms with Crippen molar-refractivity contribution in [3.63, 3.8) is 0 Å². The van der Waals surface area contributed by atoms with Gasteiger partial charge in [-0.25, -0.2) is 23.5 Å². The van der Waals surface area contributed by atoms with Crippen molar-refractivity contribution in [2.24, 2.45) is 0 Å². The maximum atomic E-state index is 13.8. The topological polar surface area (TPSA) is 87.1 Å². The van der Waals surface area contributed by atoms with Gasteiger partial charge in [-0.1, -0.05) is 6.07 Å². The van der Waals surface area contributed by atoms with Crippen molar-refractivity contribution in [1.82, 2.24) is 15.3 Å². The van der Waals surface area contributed by atoms with Crippen LogP contribution in [0.4, 0.5) is 19.3 Å². The second-order valence-corrected chi connectivity index (χ2v) is 6.31. The summed E-state index contributed by atoms with van der Waals surface area (Å²) in [6, 6.07) is 2.29. The van der Waals surface area contributed by atoms with Gasteiger partial charge >= 0.3 is 6.03 Å². The molecule has 1 aromatic heterocycles. The van der Waals surface area contributed by atoms with Crippen LogP contribution in [0.2, 0.25) is 0 Å². The van der Waals surface area contributed by atoms with Gasteiger partial charge in [0.15, 0.2) is 0 Å². The number of aromatic nitrogens is 2. The van der Waals surface area contributed by atoms with Crippen LogP contribution < -0.4 is 10.6 Å². The summed E-state index contributed by atoms with van der Waals surface area (Å²) in [4.78, 5) is 20.3. The molecule has 0 spiro atoms. The van der Waals surface area contributed by atoms with Gasteiger partial charge in [-0.15, -0.1) is 0 Å². The summed E-state index contributed by atoms with van der Waals surface area (Å²) in [7, 11) is 0. The summed E-state index contributed by atoms with van der Waals surface area (Å²) in [5.74, 6) is -0.432. The molecule has 1 saturated carbocycles. The van der Waals surface area contributed by atoms with Gasteiger partial charge in [0.1, 0.15) is 23.1 Å². The van der Waals surface area contributed by atoms with Gasteiger partial charge in [0.25, 0.3) is 0 Å². The number of carbonyl (C=O) groups excluding carboxylic acids is 1. The van der Waals surface area contributed by atoms with Crippen molar-refractivity contribution in [2.75, 3.05) is 11.9 Å². The van der Waals surface area contributed by atoms with E-state index in [1.54, 1.807) is 0 Å². The first kappa shape index (κ1) is 17.2. The van der Waals surface area contributed by atoms with Crippen LogP contribution in [0.25, 0.3) is 0 Å². The highest BCUT2D eigenvalue weighted by molar-refractivity contribution is 5.88. The van der Waals surface area contributed by atoms with Crippen LogP contribution in [0.3, 0.4) is 0 Å². The number of aliphatic hydroxyl groups is 1. The molecule has 0 saturated heterocycles. The minimum absolute atomic E-state index is 0.105. The van der Waals surface area contributed by atoms with E-state index in [4.69, 9.17) is 0 Å². The van der Waals surface area contributed by atoms with E-state index >= 15 is 0 Å². The number of hydrogen-bond acceptors (Lipinski definition) is 4. The Morgan fingerprint density at radius 2 is 2.00 bits per heavy atom. The standard InChI is InChI=1S/C17H18F2N4O2/c1-17(25,13-5-4-11(18)6-14(13)19)9-22-16(24)23-12-7-20-15(21-8-12)10-2-3-10/h4-8,10,25H,2-3,9H2,1H3,(H2,22,23,24). The number of anilines is 1. The van der Waals surface area contributed by atoms with E-state index in [0.29, 0.717) is 17.7 Å². The van der Waals surface area contributed by atoms with Crippen LogP contribution >= 0.6 is 0 Å². The average Bonchev–Trinajstić information content (AvgIpc) is 3.38. The molecule has 2 amide bonds. The molecular weight excluding hydrogens is 330 g/mol. The first-order valence-corrected chi connectivity index (χ1v) is 7.90. The van der Waals surface area contributed by atoms with E-state index in [9.17, 15) is 18.7 Å². The molecule has 1 atom stereocenters. The first-order valence-electron chi connectivity index (χ1n) is 7.90. The quantitative estimate of drug-likeness (QED) is 0.775. The van der Waals surface area contributed by atoms with Crippen LogP contribution in [-0.2, 0) is 5.60 Å². The van der Waals surface area contributed by atoms with E-state index in [1.165, 1.54) is 19.3 Å². The monoisotopic (exact) mass is 348 g/mol. The van der Waals surface area contributed by atoms with Gasteiger partial charge in [-0.05, 0) is 25.8 Å². The lowest BCUT2D eigenvalue weighted by atomic mass is 9.95. The summed E-state index contributed by atoms with van der Waals surface area (Å²) in [5.41, 5.74) is -1.39. The molecule has 1 fully saturated rings. The first-order chi connectivity index (χ1) is 11.8. The van der Waals surface area contributed by atoms with Crippen LogP contribution in [-0.4, -0.2) is 27.7 Å². The lowest BCUT2D eigenvalue weighted by Crippen LogP contribution is -2.41. The number of benzene rings is 1. The molecule has 0 bridgehead atoms. The molecule has 132 valence electrons. The molecule has 3 rings (SSSR count). The molecule has 1 aliphatic rings. The van der Waals surface area contributed by atoms with Gasteiger partial charge in [-0.3, -0.25) is 0 Å². The number of hydrogen-bond donors (Lipinski definition) is 3. The molecular formula is C17H18F2N4O2. The lowest BCUT2D eigenvalue weighted by molar-refractivity contribution is 0.0561. The van der Waals surface area contributed by atoms with Gasteiger partial charge < -0.3 is 15.7 Å². The zero-order valence-corrected chi connectivity index (χ0v) is 13.6. The maximum Gasteiger partial charge on any atom is 0.319 e. The zero-order valence-electron chi connectivity index (χ0n) is 13.6. The Bertz CT molecular complexity index is 777. The van der Waals surface area contributed by atoms with Crippen molar-refractivity contribution < 1.29 is 18.7 Å². The van der Waals surface area contributed by atoms with Crippen LogP contribution in [0.5, 0.6) is 0 Å². The molecule has 8 heteroatoms. The van der Waals surface area contributed by atoms with E-state index in [1.807, 2.05) is 0 Å². The molecule has 2 aromatic rings. The predicted octanol–water partition coefficient (Wildman–Crippen LogP) is 2.66. The highest BCUT2D eigenvalue weighted by Gasteiger charge is 2.28. The number of nitrogens with zero attached hydrogens (tertiary/aromatic N) is 2. The van der Waals surface area contributed by atoms with Gasteiger partial charge in [-0.2, -0.15) is 0 Å². The highest BCUT2D eigenvalue weighted by atomic mass is 19.1. The number of urea groups is 1. The molecule has 1 aromatic carbocycles. The van der Waals surface area contributed by atoms with Crippen LogP contribution in [0.1, 0.15) is 37.1 Å². The van der Waals surface area contributed by atoms with E-state index in [-0.39, 0.29) is 12.1 Å². The van der Waals surface area contributed by atoms with Crippen LogP contribution in [0.15, 0.2) is 30.6 Å². The lowest BCUT2D eigenvalue weighted by Gasteiger charge is -2.24. The predicted molar refractivity (Wildman–Crippen MR) is 87.0 cm³/mol. The SMILES string of the molecule is CC(O)(CNC(=O)Nc1cnc(C2CC2)nc1)c1ccc(F)cc1F. The van der Waals surface area contributed by atoms with Crippen molar-refractivity contribution in [3.05, 3.63) is 53.6 Å². The number of carbonyl (C=O) groups is 1. The van der Waals surface area contributed by atoms with Gasteiger partial charge in [0.2, 0.25) is 0 Å². The third-order valence-electron chi connectivity index (χ3n) is 3.98. The fourth-order valence-corrected chi connectivity index (χ4v) is 2.40. The smallest absolute Gasteiger partial charge is 0.319 e. The summed E-state index contributed by atoms with van der Waals surface area (Å²) < 4.78 is 26.7. The van der Waals surface area contributed by atoms with Crippen molar-refractivity contribution in [2.45, 2.75) is 31.3 Å². The Morgan fingerprint density at radius 3 is 2.60 bits per heavy atom. The Labute approximate surface area is 143 Å². The zero-order chi connectivity index (χ0) is 18.0. The summed E-state index contributed by atoms with van der Waals surface area (Å²) in [6.45, 7) is 1.07. The van der Waals surface area contributed by atoms with Crippen molar-refractivity contribution in [3.8, 4) is 0 Å². The third-order valence-corrected chi connectivity index (χ3v) is 3.98. The molecule has 1 heterocycles. The summed E-state index contributed by atoms with van der Waals surface area (Å²) in [6.07, 6.45) is 5.20. The minimum Gasteiger partial charge on any atom is -0.383 e. The Morgan fingerprint density at radius 1 is 1.32 bits per heavy atom. The fourth-order valence-electron chi connectivity index (χ4n) is 2.40. The largest absolute Gasteiger partial charge is 0.383 e. The molecule has 25 heavy (non-hydrogen) atoms. The molecule has 1 unspecified atom stereocenters. The van der Waals surface area contributed by atoms with E-state index in [2.05, 4.69) is 20.6 Å².